The molecule has 0 saturated heterocycles. The van der Waals surface area contributed by atoms with Gasteiger partial charge in [0, 0.05) is 17.6 Å². The molecule has 0 heterocycles. The van der Waals surface area contributed by atoms with E-state index < -0.39 is 6.04 Å². The van der Waals surface area contributed by atoms with Crippen LogP contribution in [0.25, 0.3) is 0 Å². The molecule has 0 bridgehead atoms. The predicted octanol–water partition coefficient (Wildman–Crippen LogP) is 5.37. The number of rotatable bonds is 7. The zero-order valence-corrected chi connectivity index (χ0v) is 19.5. The van der Waals surface area contributed by atoms with Crippen LogP contribution in [0.15, 0.2) is 42.5 Å². The third kappa shape index (κ3) is 6.57. The lowest BCUT2D eigenvalue weighted by Gasteiger charge is -2.31. The maximum absolute atomic E-state index is 13.3. The molecule has 0 aromatic heterocycles. The first-order valence-electron chi connectivity index (χ1n) is 11.2. The minimum Gasteiger partial charge on any atom is -0.352 e. The van der Waals surface area contributed by atoms with Gasteiger partial charge >= 0.3 is 0 Å². The molecule has 5 heteroatoms. The quantitative estimate of drug-likeness (QED) is 0.629. The van der Waals surface area contributed by atoms with Crippen LogP contribution in [0.4, 0.5) is 0 Å². The molecule has 2 amide bonds. The summed E-state index contributed by atoms with van der Waals surface area (Å²) in [5, 5.41) is 3.80. The van der Waals surface area contributed by atoms with Gasteiger partial charge in [-0.15, -0.1) is 0 Å². The topological polar surface area (TPSA) is 49.4 Å². The normalized spacial score (nSPS) is 15.4. The molecule has 4 nitrogen and oxygen atoms in total. The Morgan fingerprint density at radius 2 is 1.77 bits per heavy atom. The number of amides is 2. The third-order valence-corrected chi connectivity index (χ3v) is 6.52. The number of hydrogen-bond acceptors (Lipinski definition) is 2. The van der Waals surface area contributed by atoms with Gasteiger partial charge < -0.3 is 10.2 Å². The highest BCUT2D eigenvalue weighted by molar-refractivity contribution is 6.30. The molecule has 2 aromatic rings. The smallest absolute Gasteiger partial charge is 0.242 e. The van der Waals surface area contributed by atoms with E-state index in [9.17, 15) is 9.59 Å². The molecule has 1 fully saturated rings. The van der Waals surface area contributed by atoms with Crippen LogP contribution in [-0.2, 0) is 22.6 Å². The Balaban J connectivity index is 1.77. The van der Waals surface area contributed by atoms with Gasteiger partial charge in [-0.2, -0.15) is 0 Å². The Labute approximate surface area is 191 Å². The Hall–Kier alpha value is -2.33. The molecule has 166 valence electrons. The van der Waals surface area contributed by atoms with Gasteiger partial charge in [-0.25, -0.2) is 0 Å². The summed E-state index contributed by atoms with van der Waals surface area (Å²) in [5.74, 6) is -0.142. The van der Waals surface area contributed by atoms with Crippen molar-refractivity contribution in [3.05, 3.63) is 69.7 Å². The number of nitrogens with one attached hydrogen (secondary N) is 1. The second-order valence-electron chi connectivity index (χ2n) is 8.77. The monoisotopic (exact) mass is 440 g/mol. The first-order valence-corrected chi connectivity index (χ1v) is 11.6. The minimum atomic E-state index is -0.556. The molecule has 31 heavy (non-hydrogen) atoms. The Bertz CT molecular complexity index is 921. The summed E-state index contributed by atoms with van der Waals surface area (Å²) in [6.45, 7) is 6.28. The maximum atomic E-state index is 13.3. The van der Waals surface area contributed by atoms with E-state index in [0.717, 1.165) is 42.4 Å². The Morgan fingerprint density at radius 3 is 2.45 bits per heavy atom. The highest BCUT2D eigenvalue weighted by Crippen LogP contribution is 2.20. The number of hydrogen-bond donors (Lipinski definition) is 1. The second kappa shape index (κ2) is 10.8. The molecule has 3 rings (SSSR count). The van der Waals surface area contributed by atoms with Crippen molar-refractivity contribution in [3.8, 4) is 0 Å². The van der Waals surface area contributed by atoms with E-state index in [1.165, 1.54) is 12.0 Å². The van der Waals surface area contributed by atoms with E-state index in [1.54, 1.807) is 4.90 Å². The molecule has 2 aromatic carbocycles. The van der Waals surface area contributed by atoms with Gasteiger partial charge in [0.2, 0.25) is 11.8 Å². The molecule has 1 aliphatic carbocycles. The molecule has 0 radical (unpaired) electrons. The summed E-state index contributed by atoms with van der Waals surface area (Å²) in [7, 11) is 0. The van der Waals surface area contributed by atoms with Gasteiger partial charge in [-0.3, -0.25) is 9.59 Å². The van der Waals surface area contributed by atoms with Gasteiger partial charge in [0.25, 0.3) is 0 Å². The molecule has 1 atom stereocenters. The van der Waals surface area contributed by atoms with E-state index in [1.807, 2.05) is 50.2 Å². The molecule has 1 N–H and O–H groups in total. The number of carbonyl (C=O) groups is 2. The van der Waals surface area contributed by atoms with Gasteiger partial charge in [-0.1, -0.05) is 61.2 Å². The number of aryl methyl sites for hydroxylation is 2. The Morgan fingerprint density at radius 1 is 1.03 bits per heavy atom. The van der Waals surface area contributed by atoms with E-state index in [-0.39, 0.29) is 24.3 Å². The van der Waals surface area contributed by atoms with Crippen LogP contribution in [0, 0.1) is 13.8 Å². The fourth-order valence-corrected chi connectivity index (χ4v) is 4.39. The summed E-state index contributed by atoms with van der Waals surface area (Å²) >= 11 is 6.16. The predicted molar refractivity (Wildman–Crippen MR) is 126 cm³/mol. The van der Waals surface area contributed by atoms with Crippen molar-refractivity contribution in [2.75, 3.05) is 0 Å². The van der Waals surface area contributed by atoms with E-state index in [2.05, 4.69) is 18.3 Å². The van der Waals surface area contributed by atoms with Crippen LogP contribution < -0.4 is 5.32 Å². The summed E-state index contributed by atoms with van der Waals surface area (Å²) < 4.78 is 0. The van der Waals surface area contributed by atoms with Crippen LogP contribution in [0.5, 0.6) is 0 Å². The largest absolute Gasteiger partial charge is 0.352 e. The fraction of sp³-hybridized carbons (Fsp3) is 0.462. The summed E-state index contributed by atoms with van der Waals surface area (Å²) in [5.41, 5.74) is 4.24. The van der Waals surface area contributed by atoms with Crippen LogP contribution >= 0.6 is 11.6 Å². The zero-order valence-electron chi connectivity index (χ0n) is 18.8. The van der Waals surface area contributed by atoms with Crippen molar-refractivity contribution in [2.45, 2.75) is 77.9 Å². The van der Waals surface area contributed by atoms with Crippen molar-refractivity contribution in [2.24, 2.45) is 0 Å². The van der Waals surface area contributed by atoms with Crippen molar-refractivity contribution < 1.29 is 9.59 Å². The van der Waals surface area contributed by atoms with Crippen LogP contribution in [0.1, 0.15) is 61.3 Å². The van der Waals surface area contributed by atoms with Gasteiger partial charge in [0.1, 0.15) is 6.04 Å². The first kappa shape index (κ1) is 23.3. The zero-order chi connectivity index (χ0) is 22.4. The fourth-order valence-electron chi connectivity index (χ4n) is 4.17. The third-order valence-electron chi connectivity index (χ3n) is 6.29. The lowest BCUT2D eigenvalue weighted by atomic mass is 9.95. The van der Waals surface area contributed by atoms with Gasteiger partial charge in [0.05, 0.1) is 6.42 Å². The minimum absolute atomic E-state index is 0.0606. The standard InChI is InChI=1S/C26H33ClN2O2/c1-18-12-13-21(14-19(18)2)16-25(30)29(17-22-8-7-9-23(27)15-22)20(3)26(31)28-24-10-5-4-6-11-24/h7-9,12-15,20,24H,4-6,10-11,16-17H2,1-3H3,(H,28,31)/t20-/m1/s1. The number of carbonyl (C=O) groups excluding carboxylic acids is 2. The van der Waals surface area contributed by atoms with Crippen LogP contribution in [-0.4, -0.2) is 28.8 Å². The maximum Gasteiger partial charge on any atom is 0.242 e. The van der Waals surface area contributed by atoms with Crippen molar-refractivity contribution in [1.82, 2.24) is 10.2 Å². The summed E-state index contributed by atoms with van der Waals surface area (Å²) in [6.07, 6.45) is 5.83. The molecular formula is C26H33ClN2O2. The highest BCUT2D eigenvalue weighted by atomic mass is 35.5. The molecule has 0 aliphatic heterocycles. The Kier molecular flexibility index (Phi) is 8.14. The average Bonchev–Trinajstić information content (AvgIpc) is 2.75. The lowest BCUT2D eigenvalue weighted by molar-refractivity contribution is -0.140. The first-order chi connectivity index (χ1) is 14.8. The summed E-state index contributed by atoms with van der Waals surface area (Å²) in [4.78, 5) is 28.1. The van der Waals surface area contributed by atoms with Crippen LogP contribution in [0.2, 0.25) is 5.02 Å². The molecule has 1 saturated carbocycles. The number of nitrogens with zero attached hydrogens (tertiary/aromatic N) is 1. The number of halogens is 1. The van der Waals surface area contributed by atoms with Crippen molar-refractivity contribution >= 4 is 23.4 Å². The molecule has 0 unspecified atom stereocenters. The van der Waals surface area contributed by atoms with Crippen molar-refractivity contribution in [1.29, 1.82) is 0 Å². The summed E-state index contributed by atoms with van der Waals surface area (Å²) in [6, 6.07) is 13.2. The number of benzene rings is 2. The highest BCUT2D eigenvalue weighted by Gasteiger charge is 2.28. The van der Waals surface area contributed by atoms with Gasteiger partial charge in [-0.05, 0) is 68.0 Å². The molecular weight excluding hydrogens is 408 g/mol. The molecule has 1 aliphatic rings. The van der Waals surface area contributed by atoms with Gasteiger partial charge in [0.15, 0.2) is 0 Å². The van der Waals surface area contributed by atoms with E-state index >= 15 is 0 Å². The lowest BCUT2D eigenvalue weighted by Crippen LogP contribution is -2.50. The second-order valence-corrected chi connectivity index (χ2v) is 9.20. The van der Waals surface area contributed by atoms with E-state index in [0.29, 0.717) is 11.6 Å². The van der Waals surface area contributed by atoms with Crippen molar-refractivity contribution in [3.63, 3.8) is 0 Å². The average molecular weight is 441 g/mol. The van der Waals surface area contributed by atoms with E-state index in [4.69, 9.17) is 11.6 Å². The SMILES string of the molecule is Cc1ccc(CC(=O)N(Cc2cccc(Cl)c2)[C@H](C)C(=O)NC2CCCCC2)cc1C. The van der Waals surface area contributed by atoms with Crippen LogP contribution in [0.3, 0.4) is 0 Å². The molecule has 0 spiro atoms.